The molecule has 0 saturated heterocycles. The molecular formula is C8H12N3O+. The highest BCUT2D eigenvalue weighted by Gasteiger charge is 2.05. The first-order chi connectivity index (χ1) is 5.83. The van der Waals surface area contributed by atoms with Crippen LogP contribution in [0.4, 0.5) is 0 Å². The number of amides is 1. The van der Waals surface area contributed by atoms with Gasteiger partial charge < -0.3 is 0 Å². The number of hydrogen-bond donors (Lipinski definition) is 2. The molecule has 64 valence electrons. The Hall–Kier alpha value is -1.42. The number of nitrogens with zero attached hydrogens (tertiary/aromatic N) is 1. The molecule has 12 heavy (non-hydrogen) atoms. The Morgan fingerprint density at radius 3 is 2.58 bits per heavy atom. The number of nitrogens with one attached hydrogen (secondary N) is 2. The van der Waals surface area contributed by atoms with Crippen LogP contribution in [-0.4, -0.2) is 13.0 Å². The summed E-state index contributed by atoms with van der Waals surface area (Å²) in [5.41, 5.74) is 5.06. The molecular weight excluding hydrogens is 154 g/mol. The number of aromatic nitrogens is 1. The molecule has 0 fully saturated rings. The van der Waals surface area contributed by atoms with E-state index in [1.807, 2.05) is 30.6 Å². The first-order valence-electron chi connectivity index (χ1n) is 3.72. The summed E-state index contributed by atoms with van der Waals surface area (Å²) < 4.78 is 1.80. The molecule has 1 heterocycles. The van der Waals surface area contributed by atoms with Gasteiger partial charge in [0.1, 0.15) is 0 Å². The standard InChI is InChI=1S/C8H11N3O/c1-9-10-8(12)7-11-5-3-2-4-6-11/h2-6,9H,7H2,1H3/p+1. The maximum atomic E-state index is 11.0. The van der Waals surface area contributed by atoms with Crippen LogP contribution in [0.2, 0.25) is 0 Å². The van der Waals surface area contributed by atoms with Gasteiger partial charge in [0.25, 0.3) is 5.91 Å². The van der Waals surface area contributed by atoms with Gasteiger partial charge in [-0.05, 0) is 0 Å². The van der Waals surface area contributed by atoms with Gasteiger partial charge in [-0.1, -0.05) is 6.07 Å². The second-order valence-electron chi connectivity index (χ2n) is 2.35. The van der Waals surface area contributed by atoms with E-state index in [1.165, 1.54) is 0 Å². The summed E-state index contributed by atoms with van der Waals surface area (Å²) in [6, 6.07) is 5.67. The van der Waals surface area contributed by atoms with E-state index in [1.54, 1.807) is 11.6 Å². The topological polar surface area (TPSA) is 45.0 Å². The van der Waals surface area contributed by atoms with Crippen molar-refractivity contribution in [2.45, 2.75) is 6.54 Å². The van der Waals surface area contributed by atoms with Crippen molar-refractivity contribution >= 4 is 5.91 Å². The fraction of sp³-hybridized carbons (Fsp3) is 0.250. The molecule has 2 N–H and O–H groups in total. The van der Waals surface area contributed by atoms with Gasteiger partial charge >= 0.3 is 0 Å². The van der Waals surface area contributed by atoms with Crippen LogP contribution in [0.3, 0.4) is 0 Å². The van der Waals surface area contributed by atoms with Gasteiger partial charge in [-0.3, -0.25) is 10.2 Å². The fourth-order valence-corrected chi connectivity index (χ4v) is 0.884. The van der Waals surface area contributed by atoms with Crippen LogP contribution in [0.25, 0.3) is 0 Å². The van der Waals surface area contributed by atoms with E-state index in [4.69, 9.17) is 0 Å². The Morgan fingerprint density at radius 1 is 1.33 bits per heavy atom. The lowest BCUT2D eigenvalue weighted by molar-refractivity contribution is -0.684. The van der Waals surface area contributed by atoms with Gasteiger partial charge in [0.2, 0.25) is 6.54 Å². The van der Waals surface area contributed by atoms with Crippen molar-refractivity contribution < 1.29 is 9.36 Å². The average Bonchev–Trinajstić information content (AvgIpc) is 2.06. The van der Waals surface area contributed by atoms with Crippen LogP contribution in [0.5, 0.6) is 0 Å². The van der Waals surface area contributed by atoms with E-state index in [0.717, 1.165) is 0 Å². The molecule has 0 bridgehead atoms. The van der Waals surface area contributed by atoms with Crippen molar-refractivity contribution in [1.29, 1.82) is 0 Å². The molecule has 4 heteroatoms. The molecule has 0 unspecified atom stereocenters. The van der Waals surface area contributed by atoms with Crippen LogP contribution in [0.1, 0.15) is 0 Å². The molecule has 0 aliphatic carbocycles. The lowest BCUT2D eigenvalue weighted by atomic mass is 10.4. The summed E-state index contributed by atoms with van der Waals surface area (Å²) in [5.74, 6) is -0.0614. The molecule has 0 aliphatic heterocycles. The minimum absolute atomic E-state index is 0.0614. The van der Waals surface area contributed by atoms with E-state index in [0.29, 0.717) is 6.54 Å². The smallest absolute Gasteiger partial charge is 0.286 e. The first kappa shape index (κ1) is 8.67. The minimum Gasteiger partial charge on any atom is -0.286 e. The molecule has 0 aliphatic rings. The molecule has 0 spiro atoms. The van der Waals surface area contributed by atoms with Crippen LogP contribution in [-0.2, 0) is 11.3 Å². The lowest BCUT2D eigenvalue weighted by Crippen LogP contribution is -2.45. The van der Waals surface area contributed by atoms with Crippen molar-refractivity contribution in [3.63, 3.8) is 0 Å². The first-order valence-corrected chi connectivity index (χ1v) is 3.72. The molecule has 1 aromatic rings. The zero-order valence-electron chi connectivity index (χ0n) is 6.95. The van der Waals surface area contributed by atoms with Crippen LogP contribution in [0, 0.1) is 0 Å². The normalized spacial score (nSPS) is 9.42. The van der Waals surface area contributed by atoms with Gasteiger partial charge in [0.15, 0.2) is 12.4 Å². The van der Waals surface area contributed by atoms with E-state index >= 15 is 0 Å². The van der Waals surface area contributed by atoms with Crippen LogP contribution >= 0.6 is 0 Å². The maximum absolute atomic E-state index is 11.0. The molecule has 1 amide bonds. The largest absolute Gasteiger partial charge is 0.299 e. The van der Waals surface area contributed by atoms with Crippen molar-refractivity contribution in [3.05, 3.63) is 30.6 Å². The molecule has 1 rings (SSSR count). The summed E-state index contributed by atoms with van der Waals surface area (Å²) >= 11 is 0. The Balaban J connectivity index is 2.47. The molecule has 0 atom stereocenters. The van der Waals surface area contributed by atoms with Gasteiger partial charge in [-0.15, -0.1) is 0 Å². The highest BCUT2D eigenvalue weighted by atomic mass is 16.2. The Bertz CT molecular complexity index is 248. The Kier molecular flexibility index (Phi) is 3.22. The Labute approximate surface area is 71.2 Å². The van der Waals surface area contributed by atoms with Gasteiger partial charge in [0.05, 0.1) is 0 Å². The third-order valence-corrected chi connectivity index (χ3v) is 1.37. The molecule has 0 saturated carbocycles. The van der Waals surface area contributed by atoms with Gasteiger partial charge in [0, 0.05) is 19.2 Å². The van der Waals surface area contributed by atoms with E-state index < -0.39 is 0 Å². The summed E-state index contributed by atoms with van der Waals surface area (Å²) in [6.45, 7) is 0.335. The predicted octanol–water partition coefficient (Wildman–Crippen LogP) is -0.775. The number of pyridine rings is 1. The SMILES string of the molecule is CNNC(=O)C[n+]1ccccc1. The summed E-state index contributed by atoms with van der Waals surface area (Å²) in [5, 5.41) is 0. The second kappa shape index (κ2) is 4.46. The molecule has 4 nitrogen and oxygen atoms in total. The van der Waals surface area contributed by atoms with E-state index in [2.05, 4.69) is 10.9 Å². The minimum atomic E-state index is -0.0614. The number of rotatable bonds is 3. The molecule has 0 aromatic carbocycles. The number of carbonyl (C=O) groups is 1. The van der Waals surface area contributed by atoms with Gasteiger partial charge in [-0.2, -0.15) is 4.57 Å². The lowest BCUT2D eigenvalue weighted by Gasteiger charge is -1.98. The zero-order chi connectivity index (χ0) is 8.81. The fourth-order valence-electron chi connectivity index (χ4n) is 0.884. The van der Waals surface area contributed by atoms with Crippen molar-refractivity contribution in [1.82, 2.24) is 10.9 Å². The number of carbonyl (C=O) groups excluding carboxylic acids is 1. The molecule has 1 aromatic heterocycles. The van der Waals surface area contributed by atoms with E-state index in [-0.39, 0.29) is 5.91 Å². The number of hydrazine groups is 1. The average molecular weight is 166 g/mol. The zero-order valence-corrected chi connectivity index (χ0v) is 6.95. The van der Waals surface area contributed by atoms with Crippen molar-refractivity contribution in [3.8, 4) is 0 Å². The summed E-state index contributed by atoms with van der Waals surface area (Å²) in [7, 11) is 1.66. The third-order valence-electron chi connectivity index (χ3n) is 1.37. The summed E-state index contributed by atoms with van der Waals surface area (Å²) in [6.07, 6.45) is 3.68. The van der Waals surface area contributed by atoms with Crippen molar-refractivity contribution in [2.24, 2.45) is 0 Å². The van der Waals surface area contributed by atoms with Crippen LogP contribution < -0.4 is 15.4 Å². The predicted molar refractivity (Wildman–Crippen MR) is 43.8 cm³/mol. The highest BCUT2D eigenvalue weighted by molar-refractivity contribution is 5.73. The maximum Gasteiger partial charge on any atom is 0.299 e. The van der Waals surface area contributed by atoms with E-state index in [9.17, 15) is 4.79 Å². The van der Waals surface area contributed by atoms with Crippen molar-refractivity contribution in [2.75, 3.05) is 7.05 Å². The highest BCUT2D eigenvalue weighted by Crippen LogP contribution is 1.76. The Morgan fingerprint density at radius 2 is 2.00 bits per heavy atom. The third kappa shape index (κ3) is 2.67. The quantitative estimate of drug-likeness (QED) is 0.457. The van der Waals surface area contributed by atoms with Crippen LogP contribution in [0.15, 0.2) is 30.6 Å². The van der Waals surface area contributed by atoms with Gasteiger partial charge in [-0.25, -0.2) is 5.43 Å². The molecule has 0 radical (unpaired) electrons. The second-order valence-corrected chi connectivity index (χ2v) is 2.35. The monoisotopic (exact) mass is 166 g/mol. The summed E-state index contributed by atoms with van der Waals surface area (Å²) in [4.78, 5) is 11.0. The number of hydrogen-bond acceptors (Lipinski definition) is 2.